The number of amides is 2. The summed E-state index contributed by atoms with van der Waals surface area (Å²) in [5, 5.41) is 0. The van der Waals surface area contributed by atoms with Crippen LogP contribution in [-0.4, -0.2) is 74.6 Å². The Hall–Kier alpha value is -3.55. The summed E-state index contributed by atoms with van der Waals surface area (Å²) in [5.74, 6) is 0.368. The first kappa shape index (κ1) is 22.1. The van der Waals surface area contributed by atoms with Crippen LogP contribution in [0.2, 0.25) is 0 Å². The van der Waals surface area contributed by atoms with Crippen molar-refractivity contribution in [3.8, 4) is 11.5 Å². The Kier molecular flexibility index (Phi) is 7.12. The van der Waals surface area contributed by atoms with E-state index in [1.165, 1.54) is 7.11 Å². The Balaban J connectivity index is 1.60. The van der Waals surface area contributed by atoms with E-state index >= 15 is 0 Å². The summed E-state index contributed by atoms with van der Waals surface area (Å²) in [4.78, 5) is 40.4. The monoisotopic (exact) mass is 426 g/mol. The molecule has 0 N–H and O–H groups in total. The minimum atomic E-state index is -0.497. The number of piperazine rings is 1. The molecule has 1 aliphatic heterocycles. The number of hydrogen-bond acceptors (Lipinski definition) is 6. The smallest absolute Gasteiger partial charge is 0.343 e. The molecular formula is C23H26N2O6. The fourth-order valence-electron chi connectivity index (χ4n) is 3.35. The van der Waals surface area contributed by atoms with Crippen LogP contribution >= 0.6 is 0 Å². The number of ether oxygens (including phenoxy) is 3. The molecule has 0 radical (unpaired) electrons. The largest absolute Gasteiger partial charge is 0.496 e. The van der Waals surface area contributed by atoms with Crippen LogP contribution in [0.25, 0.3) is 0 Å². The van der Waals surface area contributed by atoms with Crippen LogP contribution in [0.5, 0.6) is 11.5 Å². The quantitative estimate of drug-likeness (QED) is 0.658. The van der Waals surface area contributed by atoms with Crippen LogP contribution < -0.4 is 9.47 Å². The molecule has 0 atom stereocenters. The molecule has 2 aromatic rings. The molecule has 0 aromatic heterocycles. The van der Waals surface area contributed by atoms with E-state index in [0.717, 1.165) is 5.56 Å². The maximum Gasteiger partial charge on any atom is 0.343 e. The van der Waals surface area contributed by atoms with E-state index in [1.807, 2.05) is 13.0 Å². The summed E-state index contributed by atoms with van der Waals surface area (Å²) in [7, 11) is 2.86. The lowest BCUT2D eigenvalue weighted by Gasteiger charge is -2.35. The number of hydrogen-bond donors (Lipinski definition) is 0. The maximum atomic E-state index is 12.9. The van der Waals surface area contributed by atoms with Crippen LogP contribution in [0.3, 0.4) is 0 Å². The zero-order valence-electron chi connectivity index (χ0n) is 17.9. The van der Waals surface area contributed by atoms with Crippen LogP contribution in [0, 0.1) is 6.92 Å². The molecule has 0 bridgehead atoms. The molecule has 0 unspecified atom stereocenters. The van der Waals surface area contributed by atoms with E-state index in [1.54, 1.807) is 53.3 Å². The third-order valence-electron chi connectivity index (χ3n) is 5.17. The third-order valence-corrected chi connectivity index (χ3v) is 5.17. The van der Waals surface area contributed by atoms with Crippen molar-refractivity contribution in [2.75, 3.05) is 47.0 Å². The highest BCUT2D eigenvalue weighted by Gasteiger charge is 2.26. The maximum absolute atomic E-state index is 12.9. The van der Waals surface area contributed by atoms with Crippen LogP contribution in [-0.2, 0) is 9.53 Å². The fraction of sp³-hybridized carbons (Fsp3) is 0.348. The molecular weight excluding hydrogens is 400 g/mol. The lowest BCUT2D eigenvalue weighted by molar-refractivity contribution is -0.142. The third kappa shape index (κ3) is 5.33. The molecule has 0 spiro atoms. The van der Waals surface area contributed by atoms with Gasteiger partial charge in [-0.2, -0.15) is 0 Å². The van der Waals surface area contributed by atoms with Gasteiger partial charge in [-0.05, 0) is 42.8 Å². The van der Waals surface area contributed by atoms with Gasteiger partial charge in [0.25, 0.3) is 11.8 Å². The van der Waals surface area contributed by atoms with Gasteiger partial charge in [-0.25, -0.2) is 4.79 Å². The van der Waals surface area contributed by atoms with Crippen molar-refractivity contribution in [3.63, 3.8) is 0 Å². The van der Waals surface area contributed by atoms with Gasteiger partial charge < -0.3 is 24.0 Å². The minimum absolute atomic E-state index is 0.0800. The molecule has 0 saturated carbocycles. The summed E-state index contributed by atoms with van der Waals surface area (Å²) in [6, 6.07) is 12.1. The first-order valence-corrected chi connectivity index (χ1v) is 9.95. The molecule has 1 fully saturated rings. The molecule has 1 aliphatic rings. The Morgan fingerprint density at radius 2 is 1.48 bits per heavy atom. The van der Waals surface area contributed by atoms with E-state index in [2.05, 4.69) is 4.74 Å². The van der Waals surface area contributed by atoms with Gasteiger partial charge in [-0.15, -0.1) is 0 Å². The highest BCUT2D eigenvalue weighted by molar-refractivity contribution is 5.96. The van der Waals surface area contributed by atoms with Gasteiger partial charge >= 0.3 is 5.97 Å². The number of aryl methyl sites for hydroxylation is 1. The van der Waals surface area contributed by atoms with Crippen molar-refractivity contribution in [3.05, 3.63) is 59.2 Å². The topological polar surface area (TPSA) is 85.4 Å². The zero-order valence-corrected chi connectivity index (χ0v) is 17.9. The number of benzene rings is 2. The van der Waals surface area contributed by atoms with Crippen molar-refractivity contribution in [2.45, 2.75) is 6.92 Å². The van der Waals surface area contributed by atoms with Crippen molar-refractivity contribution in [2.24, 2.45) is 0 Å². The van der Waals surface area contributed by atoms with Gasteiger partial charge in [-0.3, -0.25) is 9.59 Å². The van der Waals surface area contributed by atoms with Gasteiger partial charge in [0.1, 0.15) is 11.5 Å². The normalized spacial score (nSPS) is 13.5. The molecule has 164 valence electrons. The van der Waals surface area contributed by atoms with E-state index in [4.69, 9.17) is 9.47 Å². The predicted molar refractivity (Wildman–Crippen MR) is 113 cm³/mol. The van der Waals surface area contributed by atoms with E-state index in [9.17, 15) is 14.4 Å². The average Bonchev–Trinajstić information content (AvgIpc) is 2.82. The number of methoxy groups -OCH3 is 2. The van der Waals surface area contributed by atoms with Gasteiger partial charge in [0, 0.05) is 37.3 Å². The first-order valence-electron chi connectivity index (χ1n) is 9.95. The van der Waals surface area contributed by atoms with Gasteiger partial charge in [0.05, 0.1) is 14.2 Å². The van der Waals surface area contributed by atoms with Crippen molar-refractivity contribution in [1.29, 1.82) is 0 Å². The summed E-state index contributed by atoms with van der Waals surface area (Å²) in [6.07, 6.45) is 0. The van der Waals surface area contributed by atoms with Crippen LogP contribution in [0.1, 0.15) is 26.3 Å². The molecule has 8 nitrogen and oxygen atoms in total. The molecule has 1 heterocycles. The Labute approximate surface area is 181 Å². The van der Waals surface area contributed by atoms with Crippen molar-refractivity contribution < 1.29 is 28.6 Å². The lowest BCUT2D eigenvalue weighted by Crippen LogP contribution is -2.50. The number of carbonyl (C=O) groups is 3. The van der Waals surface area contributed by atoms with E-state index in [-0.39, 0.29) is 18.4 Å². The van der Waals surface area contributed by atoms with E-state index in [0.29, 0.717) is 48.8 Å². The Morgan fingerprint density at radius 1 is 0.871 bits per heavy atom. The van der Waals surface area contributed by atoms with Gasteiger partial charge in [-0.1, -0.05) is 12.1 Å². The summed E-state index contributed by atoms with van der Waals surface area (Å²) >= 11 is 0. The Morgan fingerprint density at radius 3 is 2.06 bits per heavy atom. The summed E-state index contributed by atoms with van der Waals surface area (Å²) in [6.45, 7) is 3.45. The van der Waals surface area contributed by atoms with Crippen LogP contribution in [0.15, 0.2) is 42.5 Å². The number of carbonyl (C=O) groups excluding carboxylic acids is 3. The first-order chi connectivity index (χ1) is 14.9. The summed E-state index contributed by atoms with van der Waals surface area (Å²) in [5.41, 5.74) is 2.00. The standard InChI is InChI=1S/C23H26N2O6/c1-16-7-8-18(14-20(16)29-2)23(28)25-11-9-24(10-12-25)22(27)17-5-4-6-19(13-17)31-15-21(26)30-3/h4-8,13-14H,9-12,15H2,1-3H3. The predicted octanol–water partition coefficient (Wildman–Crippen LogP) is 2.15. The molecule has 2 aromatic carbocycles. The van der Waals surface area contributed by atoms with Gasteiger partial charge in [0.15, 0.2) is 6.61 Å². The second kappa shape index (κ2) is 9.97. The fourth-order valence-corrected chi connectivity index (χ4v) is 3.35. The second-order valence-electron chi connectivity index (χ2n) is 7.16. The molecule has 0 aliphatic carbocycles. The van der Waals surface area contributed by atoms with Crippen molar-refractivity contribution in [1.82, 2.24) is 9.80 Å². The van der Waals surface area contributed by atoms with Gasteiger partial charge in [0.2, 0.25) is 0 Å². The highest BCUT2D eigenvalue weighted by atomic mass is 16.6. The highest BCUT2D eigenvalue weighted by Crippen LogP contribution is 2.21. The molecule has 31 heavy (non-hydrogen) atoms. The van der Waals surface area contributed by atoms with E-state index < -0.39 is 5.97 Å². The molecule has 2 amide bonds. The molecule has 3 rings (SSSR count). The summed E-state index contributed by atoms with van der Waals surface area (Å²) < 4.78 is 15.2. The van der Waals surface area contributed by atoms with Crippen molar-refractivity contribution >= 4 is 17.8 Å². The number of esters is 1. The molecule has 8 heteroatoms. The second-order valence-corrected chi connectivity index (χ2v) is 7.16. The minimum Gasteiger partial charge on any atom is -0.496 e. The molecule has 1 saturated heterocycles. The number of rotatable bonds is 6. The number of nitrogens with zero attached hydrogens (tertiary/aromatic N) is 2. The SMILES string of the molecule is COC(=O)COc1cccc(C(=O)N2CCN(C(=O)c3ccc(C)c(OC)c3)CC2)c1. The average molecular weight is 426 g/mol. The Bertz CT molecular complexity index is 966. The zero-order chi connectivity index (χ0) is 22.4. The van der Waals surface area contributed by atoms with Crippen LogP contribution in [0.4, 0.5) is 0 Å². The lowest BCUT2D eigenvalue weighted by atomic mass is 10.1.